The van der Waals surface area contributed by atoms with Gasteiger partial charge in [-0.25, -0.2) is 9.18 Å². The van der Waals surface area contributed by atoms with E-state index in [-0.39, 0.29) is 36.1 Å². The first-order valence-electron chi connectivity index (χ1n) is 8.94. The average molecular weight is 414 g/mol. The molecule has 1 saturated heterocycles. The number of carbonyl (C=O) groups is 3. The Labute approximate surface area is 169 Å². The Balaban J connectivity index is 1.89. The lowest BCUT2D eigenvalue weighted by Gasteiger charge is -2.35. The van der Waals surface area contributed by atoms with Crippen LogP contribution in [0, 0.1) is 5.82 Å². The third-order valence-corrected chi connectivity index (χ3v) is 4.39. The summed E-state index contributed by atoms with van der Waals surface area (Å²) in [4.78, 5) is 41.2. The molecular formula is C19H25ClFN3O4. The van der Waals surface area contributed by atoms with Crippen LogP contribution in [0.1, 0.15) is 31.1 Å². The molecule has 3 amide bonds. The number of likely N-dealkylation sites (N-methyl/N-ethyl adjacent to an activating group) is 1. The van der Waals surface area contributed by atoms with Crippen molar-refractivity contribution in [1.29, 1.82) is 0 Å². The van der Waals surface area contributed by atoms with Gasteiger partial charge in [0.1, 0.15) is 18.0 Å². The monoisotopic (exact) mass is 413 g/mol. The van der Waals surface area contributed by atoms with Gasteiger partial charge < -0.3 is 19.4 Å². The van der Waals surface area contributed by atoms with Crippen LogP contribution in [0.3, 0.4) is 0 Å². The van der Waals surface area contributed by atoms with E-state index in [0.29, 0.717) is 13.1 Å². The molecule has 1 aromatic rings. The summed E-state index contributed by atoms with van der Waals surface area (Å²) < 4.78 is 19.1. The Bertz CT molecular complexity index is 758. The topological polar surface area (TPSA) is 70.2 Å². The smallest absolute Gasteiger partial charge is 0.410 e. The predicted molar refractivity (Wildman–Crippen MR) is 103 cm³/mol. The average Bonchev–Trinajstić information content (AvgIpc) is 2.61. The molecule has 0 bridgehead atoms. The zero-order valence-corrected chi connectivity index (χ0v) is 17.3. The van der Waals surface area contributed by atoms with E-state index in [9.17, 15) is 18.8 Å². The van der Waals surface area contributed by atoms with Gasteiger partial charge in [-0.1, -0.05) is 11.6 Å². The summed E-state index contributed by atoms with van der Waals surface area (Å²) in [6.07, 6.45) is -0.578. The highest BCUT2D eigenvalue weighted by Crippen LogP contribution is 2.18. The summed E-state index contributed by atoms with van der Waals surface area (Å²) in [7, 11) is 1.49. The zero-order valence-electron chi connectivity index (χ0n) is 16.5. The van der Waals surface area contributed by atoms with E-state index in [0.717, 1.165) is 6.07 Å². The Kier molecular flexibility index (Phi) is 6.87. The van der Waals surface area contributed by atoms with Crippen molar-refractivity contribution in [1.82, 2.24) is 14.7 Å². The SMILES string of the molecule is CN(CC(=O)N1CCN(C(=O)c2cc(Cl)ccc2F)CC1)C(=O)OC(C)(C)C. The van der Waals surface area contributed by atoms with Crippen LogP contribution in [0.4, 0.5) is 9.18 Å². The molecular weight excluding hydrogens is 389 g/mol. The van der Waals surface area contributed by atoms with Crippen molar-refractivity contribution in [3.63, 3.8) is 0 Å². The molecule has 1 aliphatic heterocycles. The van der Waals surface area contributed by atoms with Crippen LogP contribution in [0.15, 0.2) is 18.2 Å². The van der Waals surface area contributed by atoms with Crippen molar-refractivity contribution in [3.05, 3.63) is 34.6 Å². The summed E-state index contributed by atoms with van der Waals surface area (Å²) in [6.45, 7) is 6.27. The van der Waals surface area contributed by atoms with Crippen LogP contribution in [-0.2, 0) is 9.53 Å². The lowest BCUT2D eigenvalue weighted by Crippen LogP contribution is -2.53. The summed E-state index contributed by atoms with van der Waals surface area (Å²) in [6, 6.07) is 3.83. The molecule has 1 aliphatic rings. The number of hydrogen-bond acceptors (Lipinski definition) is 4. The molecule has 2 rings (SSSR count). The molecule has 28 heavy (non-hydrogen) atoms. The van der Waals surface area contributed by atoms with Crippen molar-refractivity contribution < 1.29 is 23.5 Å². The van der Waals surface area contributed by atoms with Crippen molar-refractivity contribution in [2.45, 2.75) is 26.4 Å². The van der Waals surface area contributed by atoms with Crippen molar-refractivity contribution >= 4 is 29.5 Å². The van der Waals surface area contributed by atoms with Gasteiger partial charge in [0, 0.05) is 38.2 Å². The highest BCUT2D eigenvalue weighted by atomic mass is 35.5. The Morgan fingerprint density at radius 1 is 1.14 bits per heavy atom. The van der Waals surface area contributed by atoms with Gasteiger partial charge in [-0.05, 0) is 39.0 Å². The van der Waals surface area contributed by atoms with Crippen LogP contribution in [0.25, 0.3) is 0 Å². The minimum Gasteiger partial charge on any atom is -0.444 e. The largest absolute Gasteiger partial charge is 0.444 e. The number of piperazine rings is 1. The molecule has 0 radical (unpaired) electrons. The van der Waals surface area contributed by atoms with Gasteiger partial charge in [-0.3, -0.25) is 9.59 Å². The van der Waals surface area contributed by atoms with Crippen molar-refractivity contribution in [2.75, 3.05) is 39.8 Å². The molecule has 9 heteroatoms. The minimum atomic E-state index is -0.643. The van der Waals surface area contributed by atoms with Gasteiger partial charge in [0.2, 0.25) is 5.91 Å². The quantitative estimate of drug-likeness (QED) is 0.763. The van der Waals surface area contributed by atoms with Gasteiger partial charge in [0.05, 0.1) is 5.56 Å². The molecule has 0 saturated carbocycles. The second-order valence-corrected chi connectivity index (χ2v) is 8.07. The number of rotatable bonds is 3. The normalized spacial score (nSPS) is 14.6. The Hall–Kier alpha value is -2.35. The molecule has 1 aromatic carbocycles. The molecule has 7 nitrogen and oxygen atoms in total. The van der Waals surface area contributed by atoms with E-state index in [1.54, 1.807) is 25.7 Å². The summed E-state index contributed by atoms with van der Waals surface area (Å²) in [5, 5.41) is 0.281. The molecule has 0 atom stereocenters. The van der Waals surface area contributed by atoms with E-state index in [2.05, 4.69) is 0 Å². The second kappa shape index (κ2) is 8.77. The summed E-state index contributed by atoms with van der Waals surface area (Å²) in [5.41, 5.74) is -0.729. The molecule has 0 N–H and O–H groups in total. The van der Waals surface area contributed by atoms with Gasteiger partial charge in [0.15, 0.2) is 0 Å². The van der Waals surface area contributed by atoms with Gasteiger partial charge in [-0.15, -0.1) is 0 Å². The van der Waals surface area contributed by atoms with Crippen LogP contribution >= 0.6 is 11.6 Å². The first-order chi connectivity index (χ1) is 13.0. The summed E-state index contributed by atoms with van der Waals surface area (Å²) in [5.74, 6) is -1.33. The van der Waals surface area contributed by atoms with Crippen LogP contribution in [0.5, 0.6) is 0 Å². The highest BCUT2D eigenvalue weighted by Gasteiger charge is 2.28. The molecule has 154 valence electrons. The molecule has 1 fully saturated rings. The van der Waals surface area contributed by atoms with Crippen LogP contribution in [-0.4, -0.2) is 78.0 Å². The number of carbonyl (C=O) groups excluding carboxylic acids is 3. The maximum absolute atomic E-state index is 13.9. The summed E-state index contributed by atoms with van der Waals surface area (Å²) >= 11 is 5.85. The first-order valence-corrected chi connectivity index (χ1v) is 9.32. The molecule has 0 aliphatic carbocycles. The standard InChI is InChI=1S/C19H25ClFN3O4/c1-19(2,3)28-18(27)22(4)12-16(25)23-7-9-24(10-8-23)17(26)14-11-13(20)5-6-15(14)21/h5-6,11H,7-10,12H2,1-4H3. The Morgan fingerprint density at radius 3 is 2.29 bits per heavy atom. The van der Waals surface area contributed by atoms with E-state index in [1.165, 1.54) is 29.0 Å². The fraction of sp³-hybridized carbons (Fsp3) is 0.526. The van der Waals surface area contributed by atoms with Crippen molar-refractivity contribution in [2.24, 2.45) is 0 Å². The zero-order chi connectivity index (χ0) is 21.1. The molecule has 0 unspecified atom stereocenters. The minimum absolute atomic E-state index is 0.0862. The van der Waals surface area contributed by atoms with E-state index in [1.807, 2.05) is 0 Å². The number of hydrogen-bond donors (Lipinski definition) is 0. The maximum atomic E-state index is 13.9. The molecule has 0 spiro atoms. The van der Waals surface area contributed by atoms with Crippen molar-refractivity contribution in [3.8, 4) is 0 Å². The number of halogens is 2. The van der Waals surface area contributed by atoms with Gasteiger partial charge in [0.25, 0.3) is 5.91 Å². The lowest BCUT2D eigenvalue weighted by molar-refractivity contribution is -0.133. The maximum Gasteiger partial charge on any atom is 0.410 e. The van der Waals surface area contributed by atoms with Gasteiger partial charge in [-0.2, -0.15) is 0 Å². The van der Waals surface area contributed by atoms with E-state index in [4.69, 9.17) is 16.3 Å². The lowest BCUT2D eigenvalue weighted by atomic mass is 10.1. The van der Waals surface area contributed by atoms with Crippen LogP contribution in [0.2, 0.25) is 5.02 Å². The van der Waals surface area contributed by atoms with E-state index >= 15 is 0 Å². The van der Waals surface area contributed by atoms with Crippen LogP contribution < -0.4 is 0 Å². The molecule has 1 heterocycles. The number of ether oxygens (including phenoxy) is 1. The molecule has 0 aromatic heterocycles. The number of nitrogens with zero attached hydrogens (tertiary/aromatic N) is 3. The fourth-order valence-electron chi connectivity index (χ4n) is 2.70. The van der Waals surface area contributed by atoms with Gasteiger partial charge >= 0.3 is 6.09 Å². The Morgan fingerprint density at radius 2 is 1.71 bits per heavy atom. The fourth-order valence-corrected chi connectivity index (χ4v) is 2.87. The number of benzene rings is 1. The highest BCUT2D eigenvalue weighted by molar-refractivity contribution is 6.31. The predicted octanol–water partition coefficient (Wildman–Crippen LogP) is 2.63. The first kappa shape index (κ1) is 21.9. The second-order valence-electron chi connectivity index (χ2n) is 7.63. The number of amides is 3. The third-order valence-electron chi connectivity index (χ3n) is 4.16. The third kappa shape index (κ3) is 5.82. The van der Waals surface area contributed by atoms with E-state index < -0.39 is 23.4 Å².